The number of benzene rings is 2. The summed E-state index contributed by atoms with van der Waals surface area (Å²) in [4.78, 5) is 27.9. The molecule has 0 bridgehead atoms. The summed E-state index contributed by atoms with van der Waals surface area (Å²) in [5.74, 6) is -0.469. The van der Waals surface area contributed by atoms with Gasteiger partial charge in [0.05, 0.1) is 6.42 Å². The Bertz CT molecular complexity index is 938. The molecule has 8 heteroatoms. The molecule has 0 spiro atoms. The minimum atomic E-state index is -0.503. The molecule has 0 atom stereocenters. The Labute approximate surface area is 165 Å². The number of para-hydroxylation sites is 2. The van der Waals surface area contributed by atoms with Crippen molar-refractivity contribution < 1.29 is 18.7 Å². The highest BCUT2D eigenvalue weighted by molar-refractivity contribution is 6.35. The second-order valence-corrected chi connectivity index (χ2v) is 6.59. The van der Waals surface area contributed by atoms with Crippen molar-refractivity contribution in [1.82, 2.24) is 10.3 Å². The topological polar surface area (TPSA) is 81.4 Å². The number of aryl methyl sites for hydroxylation is 1. The average molecular weight is 407 g/mol. The standard InChI is InChI=1S/C19H16Cl2N2O4/c20-13-6-5-12(14(21)9-13)10-22-17(24)11-26-19(25)8-7-18-23-15-3-1-2-4-16(15)27-18/h1-6,9H,7-8,10-11H2,(H,22,24). The number of carbonyl (C=O) groups is 2. The summed E-state index contributed by atoms with van der Waals surface area (Å²) < 4.78 is 10.5. The van der Waals surface area contributed by atoms with Crippen LogP contribution in [-0.2, 0) is 27.3 Å². The van der Waals surface area contributed by atoms with E-state index in [9.17, 15) is 9.59 Å². The van der Waals surface area contributed by atoms with Crippen LogP contribution in [0.2, 0.25) is 10.0 Å². The molecule has 0 aliphatic rings. The molecule has 3 aromatic rings. The van der Waals surface area contributed by atoms with E-state index in [0.717, 1.165) is 11.1 Å². The molecule has 0 saturated heterocycles. The van der Waals surface area contributed by atoms with E-state index in [-0.39, 0.29) is 19.6 Å². The monoisotopic (exact) mass is 406 g/mol. The fraction of sp³-hybridized carbons (Fsp3) is 0.211. The Morgan fingerprint density at radius 3 is 2.74 bits per heavy atom. The summed E-state index contributed by atoms with van der Waals surface area (Å²) in [6.45, 7) is -0.146. The van der Waals surface area contributed by atoms with Gasteiger partial charge in [-0.1, -0.05) is 41.4 Å². The van der Waals surface area contributed by atoms with E-state index in [0.29, 0.717) is 27.9 Å². The molecule has 0 unspecified atom stereocenters. The van der Waals surface area contributed by atoms with Crippen LogP contribution in [0.3, 0.4) is 0 Å². The lowest BCUT2D eigenvalue weighted by atomic mass is 10.2. The third-order valence-corrected chi connectivity index (χ3v) is 4.32. The van der Waals surface area contributed by atoms with Crippen LogP contribution in [0.1, 0.15) is 17.9 Å². The van der Waals surface area contributed by atoms with Crippen LogP contribution in [-0.4, -0.2) is 23.5 Å². The number of carbonyl (C=O) groups excluding carboxylic acids is 2. The van der Waals surface area contributed by atoms with Gasteiger partial charge >= 0.3 is 5.97 Å². The van der Waals surface area contributed by atoms with Gasteiger partial charge in [-0.2, -0.15) is 0 Å². The van der Waals surface area contributed by atoms with Crippen LogP contribution in [0.15, 0.2) is 46.9 Å². The molecular weight excluding hydrogens is 391 g/mol. The molecule has 1 amide bonds. The van der Waals surface area contributed by atoms with E-state index in [2.05, 4.69) is 10.3 Å². The zero-order valence-corrected chi connectivity index (χ0v) is 15.7. The summed E-state index contributed by atoms with van der Waals surface area (Å²) >= 11 is 11.9. The fourth-order valence-electron chi connectivity index (χ4n) is 2.36. The van der Waals surface area contributed by atoms with Gasteiger partial charge in [0.15, 0.2) is 18.1 Å². The van der Waals surface area contributed by atoms with Crippen LogP contribution in [0, 0.1) is 0 Å². The lowest BCUT2D eigenvalue weighted by molar-refractivity contribution is -0.148. The van der Waals surface area contributed by atoms with E-state index in [1.807, 2.05) is 18.2 Å². The summed E-state index contributed by atoms with van der Waals surface area (Å²) in [5, 5.41) is 3.60. The number of rotatable bonds is 7. The minimum absolute atomic E-state index is 0.0725. The van der Waals surface area contributed by atoms with Gasteiger partial charge < -0.3 is 14.5 Å². The predicted octanol–water partition coefficient (Wildman–Crippen LogP) is 3.93. The number of nitrogens with one attached hydrogen (secondary N) is 1. The van der Waals surface area contributed by atoms with Crippen molar-refractivity contribution in [2.75, 3.05) is 6.61 Å². The highest BCUT2D eigenvalue weighted by Gasteiger charge is 2.11. The van der Waals surface area contributed by atoms with E-state index in [1.165, 1.54) is 0 Å². The van der Waals surface area contributed by atoms with Crippen molar-refractivity contribution in [2.45, 2.75) is 19.4 Å². The van der Waals surface area contributed by atoms with E-state index in [4.69, 9.17) is 32.4 Å². The minimum Gasteiger partial charge on any atom is -0.456 e. The number of aromatic nitrogens is 1. The van der Waals surface area contributed by atoms with Crippen molar-refractivity contribution in [3.8, 4) is 0 Å². The fourth-order valence-corrected chi connectivity index (χ4v) is 2.84. The van der Waals surface area contributed by atoms with Crippen LogP contribution in [0.4, 0.5) is 0 Å². The van der Waals surface area contributed by atoms with Crippen molar-refractivity contribution >= 4 is 46.2 Å². The second-order valence-electron chi connectivity index (χ2n) is 5.75. The maximum absolute atomic E-state index is 11.8. The molecule has 0 fully saturated rings. The Morgan fingerprint density at radius 1 is 1.15 bits per heavy atom. The van der Waals surface area contributed by atoms with Gasteiger partial charge in [-0.3, -0.25) is 9.59 Å². The zero-order valence-electron chi connectivity index (χ0n) is 14.2. The molecule has 140 valence electrons. The molecule has 0 aliphatic carbocycles. The van der Waals surface area contributed by atoms with Crippen molar-refractivity contribution in [1.29, 1.82) is 0 Å². The highest BCUT2D eigenvalue weighted by Crippen LogP contribution is 2.20. The number of fused-ring (bicyclic) bond motifs is 1. The Kier molecular flexibility index (Phi) is 6.32. The third-order valence-electron chi connectivity index (χ3n) is 3.74. The first kappa shape index (κ1) is 19.2. The molecule has 0 aliphatic heterocycles. The zero-order chi connectivity index (χ0) is 19.2. The van der Waals surface area contributed by atoms with Crippen molar-refractivity contribution in [3.63, 3.8) is 0 Å². The van der Waals surface area contributed by atoms with E-state index in [1.54, 1.807) is 24.3 Å². The summed E-state index contributed by atoms with van der Waals surface area (Å²) in [7, 11) is 0. The molecule has 0 radical (unpaired) electrons. The molecule has 2 aromatic carbocycles. The van der Waals surface area contributed by atoms with Gasteiger partial charge in [-0.05, 0) is 29.8 Å². The number of hydrogen-bond acceptors (Lipinski definition) is 5. The first-order valence-electron chi connectivity index (χ1n) is 8.22. The number of ether oxygens (including phenoxy) is 1. The largest absolute Gasteiger partial charge is 0.456 e. The smallest absolute Gasteiger partial charge is 0.306 e. The average Bonchev–Trinajstić information content (AvgIpc) is 3.07. The number of esters is 1. The molecule has 0 saturated carbocycles. The van der Waals surface area contributed by atoms with Crippen molar-refractivity contribution in [2.24, 2.45) is 0 Å². The molecule has 1 aromatic heterocycles. The maximum atomic E-state index is 11.8. The van der Waals surface area contributed by atoms with Gasteiger partial charge in [0.25, 0.3) is 5.91 Å². The van der Waals surface area contributed by atoms with Crippen LogP contribution < -0.4 is 5.32 Å². The normalized spacial score (nSPS) is 10.7. The SMILES string of the molecule is O=C(COC(=O)CCc1nc2ccccc2o1)NCc1ccc(Cl)cc1Cl. The summed E-state index contributed by atoms with van der Waals surface area (Å²) in [6, 6.07) is 12.3. The first-order valence-corrected chi connectivity index (χ1v) is 8.97. The quantitative estimate of drug-likeness (QED) is 0.601. The molecule has 1 N–H and O–H groups in total. The number of amides is 1. The van der Waals surface area contributed by atoms with E-state index < -0.39 is 11.9 Å². The van der Waals surface area contributed by atoms with Gasteiger partial charge in [0.2, 0.25) is 0 Å². The highest BCUT2D eigenvalue weighted by atomic mass is 35.5. The molecule has 27 heavy (non-hydrogen) atoms. The molecule has 6 nitrogen and oxygen atoms in total. The molecule has 1 heterocycles. The van der Waals surface area contributed by atoms with Gasteiger partial charge in [0, 0.05) is 23.0 Å². The number of nitrogens with zero attached hydrogens (tertiary/aromatic N) is 1. The van der Waals surface area contributed by atoms with Gasteiger partial charge in [-0.25, -0.2) is 4.98 Å². The van der Waals surface area contributed by atoms with Crippen LogP contribution in [0.5, 0.6) is 0 Å². The van der Waals surface area contributed by atoms with E-state index >= 15 is 0 Å². The number of hydrogen-bond donors (Lipinski definition) is 1. The first-order chi connectivity index (χ1) is 13.0. The summed E-state index contributed by atoms with van der Waals surface area (Å²) in [6.07, 6.45) is 0.374. The van der Waals surface area contributed by atoms with Crippen LogP contribution >= 0.6 is 23.2 Å². The lowest BCUT2D eigenvalue weighted by Gasteiger charge is -2.08. The Balaban J connectivity index is 1.39. The van der Waals surface area contributed by atoms with Crippen LogP contribution in [0.25, 0.3) is 11.1 Å². The summed E-state index contributed by atoms with van der Waals surface area (Å²) in [5.41, 5.74) is 2.12. The van der Waals surface area contributed by atoms with Gasteiger partial charge in [0.1, 0.15) is 5.52 Å². The number of halogens is 2. The predicted molar refractivity (Wildman–Crippen MR) is 102 cm³/mol. The second kappa shape index (κ2) is 8.88. The molecular formula is C19H16Cl2N2O4. The van der Waals surface area contributed by atoms with Crippen molar-refractivity contribution in [3.05, 3.63) is 64.0 Å². The Hall–Kier alpha value is -2.57. The molecule has 3 rings (SSSR count). The third kappa shape index (κ3) is 5.45. The number of oxazole rings is 1. The Morgan fingerprint density at radius 2 is 1.96 bits per heavy atom. The van der Waals surface area contributed by atoms with Gasteiger partial charge in [-0.15, -0.1) is 0 Å². The lowest BCUT2D eigenvalue weighted by Crippen LogP contribution is -2.28. The maximum Gasteiger partial charge on any atom is 0.306 e.